The van der Waals surface area contributed by atoms with E-state index in [0.29, 0.717) is 19.7 Å². The van der Waals surface area contributed by atoms with Crippen LogP contribution in [-0.4, -0.2) is 16.8 Å². The first kappa shape index (κ1) is 16.2. The smallest absolute Gasteiger partial charge is 0.123 e. The van der Waals surface area contributed by atoms with Crippen LogP contribution in [0.1, 0.15) is 18.1 Å². The van der Waals surface area contributed by atoms with Crippen molar-refractivity contribution in [2.45, 2.75) is 20.0 Å². The third-order valence-corrected chi connectivity index (χ3v) is 3.71. The third kappa shape index (κ3) is 4.00. The average Bonchev–Trinajstić information content (AvgIpc) is 3.04. The average molecular weight is 325 g/mol. The van der Waals surface area contributed by atoms with E-state index in [-0.39, 0.29) is 5.82 Å². The number of aromatic nitrogens is 2. The third-order valence-electron chi connectivity index (χ3n) is 3.71. The summed E-state index contributed by atoms with van der Waals surface area (Å²) in [7, 11) is 0. The van der Waals surface area contributed by atoms with Gasteiger partial charge in [0.25, 0.3) is 0 Å². The molecule has 0 fully saturated rings. The van der Waals surface area contributed by atoms with Gasteiger partial charge in [0.2, 0.25) is 0 Å². The molecule has 5 heteroatoms. The predicted octanol–water partition coefficient (Wildman–Crippen LogP) is 3.90. The summed E-state index contributed by atoms with van der Waals surface area (Å²) in [5.41, 5.74) is 4.01. The van der Waals surface area contributed by atoms with Crippen molar-refractivity contribution in [3.63, 3.8) is 0 Å². The fraction of sp³-hybridized carbons (Fsp3) is 0.211. The number of benzene rings is 2. The largest absolute Gasteiger partial charge is 0.494 e. The predicted molar refractivity (Wildman–Crippen MR) is 92.1 cm³/mol. The highest BCUT2D eigenvalue weighted by molar-refractivity contribution is 5.63. The molecular formula is C19H20FN3O. The molecule has 0 saturated heterocycles. The highest BCUT2D eigenvalue weighted by Gasteiger charge is 2.08. The quantitative estimate of drug-likeness (QED) is 0.692. The van der Waals surface area contributed by atoms with Gasteiger partial charge in [-0.05, 0) is 48.9 Å². The minimum Gasteiger partial charge on any atom is -0.494 e. The first-order valence-electron chi connectivity index (χ1n) is 7.97. The molecule has 24 heavy (non-hydrogen) atoms. The molecule has 0 atom stereocenters. The Morgan fingerprint density at radius 2 is 1.96 bits per heavy atom. The van der Waals surface area contributed by atoms with Crippen molar-refractivity contribution in [1.29, 1.82) is 0 Å². The summed E-state index contributed by atoms with van der Waals surface area (Å²) in [6, 6.07) is 14.5. The lowest BCUT2D eigenvalue weighted by Crippen LogP contribution is -2.13. The summed E-state index contributed by atoms with van der Waals surface area (Å²) >= 11 is 0. The van der Waals surface area contributed by atoms with Gasteiger partial charge in [-0.3, -0.25) is 5.10 Å². The summed E-state index contributed by atoms with van der Waals surface area (Å²) in [6.07, 6.45) is 1.81. The first-order valence-corrected chi connectivity index (χ1v) is 7.97. The van der Waals surface area contributed by atoms with Gasteiger partial charge in [-0.25, -0.2) is 4.39 Å². The van der Waals surface area contributed by atoms with Gasteiger partial charge in [-0.15, -0.1) is 0 Å². The summed E-state index contributed by atoms with van der Waals surface area (Å²) in [5, 5.41) is 10.5. The number of hydrogen-bond donors (Lipinski definition) is 2. The Labute approximate surface area is 140 Å². The molecule has 4 nitrogen and oxygen atoms in total. The number of hydrogen-bond acceptors (Lipinski definition) is 3. The Morgan fingerprint density at radius 1 is 1.12 bits per heavy atom. The lowest BCUT2D eigenvalue weighted by molar-refractivity contribution is 0.340. The summed E-state index contributed by atoms with van der Waals surface area (Å²) < 4.78 is 18.7. The maximum Gasteiger partial charge on any atom is 0.123 e. The Bertz CT molecular complexity index is 783. The molecule has 124 valence electrons. The van der Waals surface area contributed by atoms with E-state index in [1.807, 2.05) is 43.5 Å². The molecule has 0 aliphatic heterocycles. The molecule has 3 rings (SSSR count). The van der Waals surface area contributed by atoms with Crippen molar-refractivity contribution in [1.82, 2.24) is 15.5 Å². The molecule has 0 bridgehead atoms. The maximum atomic E-state index is 13.2. The SMILES string of the molecule is CCOc1ccc(-c2[nH]ncc2CNCc2cccc(F)c2)cc1. The number of nitrogens with zero attached hydrogens (tertiary/aromatic N) is 1. The van der Waals surface area contributed by atoms with Crippen LogP contribution in [0, 0.1) is 5.82 Å². The summed E-state index contributed by atoms with van der Waals surface area (Å²) in [6.45, 7) is 3.87. The number of ether oxygens (including phenoxy) is 1. The van der Waals surface area contributed by atoms with E-state index in [1.165, 1.54) is 12.1 Å². The second-order valence-corrected chi connectivity index (χ2v) is 5.46. The van der Waals surface area contributed by atoms with Crippen molar-refractivity contribution >= 4 is 0 Å². The van der Waals surface area contributed by atoms with E-state index >= 15 is 0 Å². The molecule has 3 aromatic rings. The second-order valence-electron chi connectivity index (χ2n) is 5.46. The van der Waals surface area contributed by atoms with Crippen LogP contribution in [0.3, 0.4) is 0 Å². The number of H-pyrrole nitrogens is 1. The number of nitrogens with one attached hydrogen (secondary N) is 2. The van der Waals surface area contributed by atoms with Crippen molar-refractivity contribution in [2.75, 3.05) is 6.61 Å². The number of aromatic amines is 1. The van der Waals surface area contributed by atoms with Crippen molar-refractivity contribution < 1.29 is 9.13 Å². The number of halogens is 1. The van der Waals surface area contributed by atoms with Crippen LogP contribution in [-0.2, 0) is 13.1 Å². The molecule has 0 aliphatic carbocycles. The van der Waals surface area contributed by atoms with Gasteiger partial charge >= 0.3 is 0 Å². The molecule has 1 aromatic heterocycles. The van der Waals surface area contributed by atoms with Gasteiger partial charge < -0.3 is 10.1 Å². The lowest BCUT2D eigenvalue weighted by Gasteiger charge is -2.07. The van der Waals surface area contributed by atoms with Crippen LogP contribution in [0.15, 0.2) is 54.7 Å². The zero-order valence-electron chi connectivity index (χ0n) is 13.6. The van der Waals surface area contributed by atoms with E-state index in [1.54, 1.807) is 6.07 Å². The topological polar surface area (TPSA) is 49.9 Å². The zero-order valence-corrected chi connectivity index (χ0v) is 13.6. The van der Waals surface area contributed by atoms with Crippen molar-refractivity contribution in [3.05, 3.63) is 71.7 Å². The molecule has 1 heterocycles. The molecule has 0 spiro atoms. The van der Waals surface area contributed by atoms with Crippen LogP contribution in [0.25, 0.3) is 11.3 Å². The van der Waals surface area contributed by atoms with E-state index < -0.39 is 0 Å². The molecule has 0 unspecified atom stereocenters. The second kappa shape index (κ2) is 7.75. The summed E-state index contributed by atoms with van der Waals surface area (Å²) in [4.78, 5) is 0. The van der Waals surface area contributed by atoms with Gasteiger partial charge in [-0.2, -0.15) is 5.10 Å². The van der Waals surface area contributed by atoms with E-state index in [0.717, 1.165) is 28.1 Å². The molecule has 0 aliphatic rings. The fourth-order valence-electron chi connectivity index (χ4n) is 2.57. The number of rotatable bonds is 7. The minimum atomic E-state index is -0.215. The van der Waals surface area contributed by atoms with E-state index in [4.69, 9.17) is 4.74 Å². The molecule has 0 amide bonds. The molecule has 2 aromatic carbocycles. The normalized spacial score (nSPS) is 10.8. The molecule has 0 radical (unpaired) electrons. The minimum absolute atomic E-state index is 0.215. The van der Waals surface area contributed by atoms with Crippen LogP contribution in [0.5, 0.6) is 5.75 Å². The van der Waals surface area contributed by atoms with Crippen molar-refractivity contribution in [2.24, 2.45) is 0 Å². The highest BCUT2D eigenvalue weighted by atomic mass is 19.1. The van der Waals surface area contributed by atoms with Gasteiger partial charge in [0, 0.05) is 24.2 Å². The Kier molecular flexibility index (Phi) is 5.23. The molecule has 0 saturated carbocycles. The molecular weight excluding hydrogens is 305 g/mol. The Morgan fingerprint density at radius 3 is 2.71 bits per heavy atom. The lowest BCUT2D eigenvalue weighted by atomic mass is 10.1. The standard InChI is InChI=1S/C19H20FN3O/c1-2-24-18-8-6-15(7-9-18)19-16(13-22-23-19)12-21-11-14-4-3-5-17(20)10-14/h3-10,13,21H,2,11-12H2,1H3,(H,22,23). The summed E-state index contributed by atoms with van der Waals surface area (Å²) in [5.74, 6) is 0.638. The van der Waals surface area contributed by atoms with Crippen LogP contribution in [0.4, 0.5) is 4.39 Å². The zero-order chi connectivity index (χ0) is 16.8. The van der Waals surface area contributed by atoms with Gasteiger partial charge in [0.15, 0.2) is 0 Å². The van der Waals surface area contributed by atoms with E-state index in [9.17, 15) is 4.39 Å². The van der Waals surface area contributed by atoms with Gasteiger partial charge in [-0.1, -0.05) is 12.1 Å². The van der Waals surface area contributed by atoms with Crippen LogP contribution in [0.2, 0.25) is 0 Å². The van der Waals surface area contributed by atoms with Gasteiger partial charge in [0.1, 0.15) is 11.6 Å². The molecule has 2 N–H and O–H groups in total. The van der Waals surface area contributed by atoms with Gasteiger partial charge in [0.05, 0.1) is 18.5 Å². The monoisotopic (exact) mass is 325 g/mol. The van der Waals surface area contributed by atoms with Crippen LogP contribution < -0.4 is 10.1 Å². The van der Waals surface area contributed by atoms with E-state index in [2.05, 4.69) is 15.5 Å². The van der Waals surface area contributed by atoms with Crippen LogP contribution >= 0.6 is 0 Å². The fourth-order valence-corrected chi connectivity index (χ4v) is 2.57. The highest BCUT2D eigenvalue weighted by Crippen LogP contribution is 2.23. The van der Waals surface area contributed by atoms with Crippen molar-refractivity contribution in [3.8, 4) is 17.0 Å². The maximum absolute atomic E-state index is 13.2. The Balaban J connectivity index is 1.64. The first-order chi connectivity index (χ1) is 11.8. The Hall–Kier alpha value is -2.66.